The average Bonchev–Trinajstić information content (AvgIpc) is 3.02. The van der Waals surface area contributed by atoms with Crippen molar-refractivity contribution < 1.29 is 4.79 Å². The third-order valence-corrected chi connectivity index (χ3v) is 5.17. The van der Waals surface area contributed by atoms with E-state index in [1.54, 1.807) is 16.8 Å². The van der Waals surface area contributed by atoms with Crippen LogP contribution in [0.25, 0.3) is 5.69 Å². The molecule has 1 N–H and O–H groups in total. The van der Waals surface area contributed by atoms with Gasteiger partial charge in [-0.15, -0.1) is 5.10 Å². The standard InChI is InChI=1S/C19H26ClN5O/c1-13-5-4-10-24(12-13)14(2)11-21-19(26)18-22-15(3)25(23-18)17-8-6-16(20)7-9-17/h6-9,13-14H,4-5,10-12H2,1-3H3,(H,21,26). The smallest absolute Gasteiger partial charge is 0.291 e. The Labute approximate surface area is 159 Å². The van der Waals surface area contributed by atoms with Gasteiger partial charge in [-0.2, -0.15) is 0 Å². The molecule has 2 aromatic rings. The number of benzene rings is 1. The number of likely N-dealkylation sites (tertiary alicyclic amines) is 1. The Hall–Kier alpha value is -1.92. The molecule has 1 amide bonds. The second-order valence-electron chi connectivity index (χ2n) is 7.17. The Morgan fingerprint density at radius 3 is 2.81 bits per heavy atom. The van der Waals surface area contributed by atoms with E-state index in [9.17, 15) is 4.79 Å². The normalized spacial score (nSPS) is 19.3. The van der Waals surface area contributed by atoms with Crippen molar-refractivity contribution in [2.45, 2.75) is 39.7 Å². The lowest BCUT2D eigenvalue weighted by molar-refractivity contribution is 0.0907. The minimum Gasteiger partial charge on any atom is -0.348 e. The number of hydrogen-bond donors (Lipinski definition) is 1. The Morgan fingerprint density at radius 2 is 2.12 bits per heavy atom. The zero-order valence-electron chi connectivity index (χ0n) is 15.6. The van der Waals surface area contributed by atoms with Crippen molar-refractivity contribution in [2.75, 3.05) is 19.6 Å². The van der Waals surface area contributed by atoms with Gasteiger partial charge in [0.05, 0.1) is 5.69 Å². The summed E-state index contributed by atoms with van der Waals surface area (Å²) in [6.45, 7) is 9.07. The molecule has 3 rings (SSSR count). The van der Waals surface area contributed by atoms with E-state index in [2.05, 4.69) is 34.1 Å². The fourth-order valence-corrected chi connectivity index (χ4v) is 3.51. The minimum atomic E-state index is -0.238. The number of aromatic nitrogens is 3. The molecule has 140 valence electrons. The van der Waals surface area contributed by atoms with Crippen LogP contribution >= 0.6 is 11.6 Å². The van der Waals surface area contributed by atoms with Crippen molar-refractivity contribution in [3.8, 4) is 5.69 Å². The number of piperidine rings is 1. The van der Waals surface area contributed by atoms with Gasteiger partial charge < -0.3 is 5.32 Å². The number of hydrogen-bond acceptors (Lipinski definition) is 4. The first-order valence-corrected chi connectivity index (χ1v) is 9.53. The van der Waals surface area contributed by atoms with Crippen LogP contribution in [0, 0.1) is 12.8 Å². The number of aryl methyl sites for hydroxylation is 1. The number of nitrogens with zero attached hydrogens (tertiary/aromatic N) is 4. The zero-order chi connectivity index (χ0) is 18.7. The van der Waals surface area contributed by atoms with Gasteiger partial charge in [0.2, 0.25) is 5.82 Å². The summed E-state index contributed by atoms with van der Waals surface area (Å²) in [6.07, 6.45) is 2.52. The molecule has 1 aliphatic heterocycles. The van der Waals surface area contributed by atoms with Crippen LogP contribution in [0.5, 0.6) is 0 Å². The lowest BCUT2D eigenvalue weighted by atomic mass is 9.99. The van der Waals surface area contributed by atoms with E-state index >= 15 is 0 Å². The Bertz CT molecular complexity index is 758. The number of carbonyl (C=O) groups is 1. The first kappa shape index (κ1) is 18.9. The van der Waals surface area contributed by atoms with Gasteiger partial charge in [-0.25, -0.2) is 9.67 Å². The summed E-state index contributed by atoms with van der Waals surface area (Å²) in [5.74, 6) is 1.34. The number of amides is 1. The van der Waals surface area contributed by atoms with Gasteiger partial charge in [0, 0.05) is 24.2 Å². The van der Waals surface area contributed by atoms with E-state index in [4.69, 9.17) is 11.6 Å². The van der Waals surface area contributed by atoms with E-state index < -0.39 is 0 Å². The minimum absolute atomic E-state index is 0.191. The monoisotopic (exact) mass is 375 g/mol. The third kappa shape index (κ3) is 4.43. The molecule has 2 atom stereocenters. The Balaban J connectivity index is 1.61. The summed E-state index contributed by atoms with van der Waals surface area (Å²) < 4.78 is 1.65. The van der Waals surface area contributed by atoms with Crippen LogP contribution in [0.1, 0.15) is 43.1 Å². The predicted octanol–water partition coefficient (Wildman–Crippen LogP) is 3.08. The predicted molar refractivity (Wildman–Crippen MR) is 103 cm³/mol. The summed E-state index contributed by atoms with van der Waals surface area (Å²) in [4.78, 5) is 19.2. The first-order chi connectivity index (χ1) is 12.4. The Kier molecular flexibility index (Phi) is 5.94. The van der Waals surface area contributed by atoms with Crippen LogP contribution in [-0.2, 0) is 0 Å². The van der Waals surface area contributed by atoms with Crippen LogP contribution < -0.4 is 5.32 Å². The van der Waals surface area contributed by atoms with Crippen molar-refractivity contribution in [1.82, 2.24) is 25.0 Å². The molecule has 1 aromatic heterocycles. The summed E-state index contributed by atoms with van der Waals surface area (Å²) in [5.41, 5.74) is 0.828. The molecular formula is C19H26ClN5O. The lowest BCUT2D eigenvalue weighted by Crippen LogP contribution is -2.46. The van der Waals surface area contributed by atoms with Crippen molar-refractivity contribution in [3.05, 3.63) is 40.9 Å². The van der Waals surface area contributed by atoms with E-state index in [-0.39, 0.29) is 11.7 Å². The molecular weight excluding hydrogens is 350 g/mol. The molecule has 2 unspecified atom stereocenters. The molecule has 1 aliphatic rings. The van der Waals surface area contributed by atoms with Gasteiger partial charge in [0.15, 0.2) is 0 Å². The number of rotatable bonds is 5. The quantitative estimate of drug-likeness (QED) is 0.872. The topological polar surface area (TPSA) is 63.1 Å². The molecule has 0 bridgehead atoms. The molecule has 0 aliphatic carbocycles. The summed E-state index contributed by atoms with van der Waals surface area (Å²) in [7, 11) is 0. The molecule has 6 nitrogen and oxygen atoms in total. The van der Waals surface area contributed by atoms with Gasteiger partial charge in [-0.1, -0.05) is 18.5 Å². The Morgan fingerprint density at radius 1 is 1.38 bits per heavy atom. The molecule has 1 saturated heterocycles. The van der Waals surface area contributed by atoms with Crippen LogP contribution in [0.2, 0.25) is 5.02 Å². The molecule has 0 spiro atoms. The maximum Gasteiger partial charge on any atom is 0.291 e. The molecule has 26 heavy (non-hydrogen) atoms. The highest BCUT2D eigenvalue weighted by Crippen LogP contribution is 2.17. The van der Waals surface area contributed by atoms with Crippen LogP contribution in [0.15, 0.2) is 24.3 Å². The summed E-state index contributed by atoms with van der Waals surface area (Å²) >= 11 is 5.93. The number of halogens is 1. The van der Waals surface area contributed by atoms with Gasteiger partial charge in [0.1, 0.15) is 5.82 Å². The molecule has 7 heteroatoms. The van der Waals surface area contributed by atoms with Crippen LogP contribution in [-0.4, -0.2) is 51.2 Å². The van der Waals surface area contributed by atoms with Gasteiger partial charge in [0.25, 0.3) is 5.91 Å². The SMILES string of the molecule is Cc1nc(C(=O)NCC(C)N2CCCC(C)C2)nn1-c1ccc(Cl)cc1. The third-order valence-electron chi connectivity index (χ3n) is 4.91. The van der Waals surface area contributed by atoms with Crippen molar-refractivity contribution in [1.29, 1.82) is 0 Å². The molecule has 1 aromatic carbocycles. The fraction of sp³-hybridized carbons (Fsp3) is 0.526. The maximum atomic E-state index is 12.5. The van der Waals surface area contributed by atoms with Crippen molar-refractivity contribution in [2.24, 2.45) is 5.92 Å². The molecule has 2 heterocycles. The van der Waals surface area contributed by atoms with Crippen LogP contribution in [0.3, 0.4) is 0 Å². The van der Waals surface area contributed by atoms with Crippen molar-refractivity contribution >= 4 is 17.5 Å². The van der Waals surface area contributed by atoms with E-state index in [1.165, 1.54) is 12.8 Å². The highest BCUT2D eigenvalue weighted by Gasteiger charge is 2.22. The van der Waals surface area contributed by atoms with Crippen molar-refractivity contribution in [3.63, 3.8) is 0 Å². The van der Waals surface area contributed by atoms with Crippen LogP contribution in [0.4, 0.5) is 0 Å². The first-order valence-electron chi connectivity index (χ1n) is 9.16. The average molecular weight is 376 g/mol. The molecule has 1 fully saturated rings. The maximum absolute atomic E-state index is 12.5. The van der Waals surface area contributed by atoms with E-state index in [0.29, 0.717) is 23.4 Å². The van der Waals surface area contributed by atoms with Gasteiger partial charge in [-0.3, -0.25) is 9.69 Å². The van der Waals surface area contributed by atoms with Gasteiger partial charge >= 0.3 is 0 Å². The molecule has 0 radical (unpaired) electrons. The second-order valence-corrected chi connectivity index (χ2v) is 7.61. The van der Waals surface area contributed by atoms with E-state index in [0.717, 1.165) is 24.7 Å². The highest BCUT2D eigenvalue weighted by molar-refractivity contribution is 6.30. The summed E-state index contributed by atoms with van der Waals surface area (Å²) in [5, 5.41) is 7.98. The lowest BCUT2D eigenvalue weighted by Gasteiger charge is -2.35. The zero-order valence-corrected chi connectivity index (χ0v) is 16.3. The molecule has 0 saturated carbocycles. The number of carbonyl (C=O) groups excluding carboxylic acids is 1. The van der Waals surface area contributed by atoms with Gasteiger partial charge in [-0.05, 0) is 63.4 Å². The van der Waals surface area contributed by atoms with E-state index in [1.807, 2.05) is 19.1 Å². The highest BCUT2D eigenvalue weighted by atomic mass is 35.5. The second kappa shape index (κ2) is 8.18. The fourth-order valence-electron chi connectivity index (χ4n) is 3.39. The number of nitrogens with one attached hydrogen (secondary N) is 1. The summed E-state index contributed by atoms with van der Waals surface area (Å²) in [6, 6.07) is 7.59. The largest absolute Gasteiger partial charge is 0.348 e.